The molecule has 0 saturated carbocycles. The fourth-order valence-corrected chi connectivity index (χ4v) is 7.72. The third-order valence-corrected chi connectivity index (χ3v) is 10.1. The van der Waals surface area contributed by atoms with Crippen LogP contribution in [0.4, 0.5) is 16.2 Å². The van der Waals surface area contributed by atoms with E-state index in [1.165, 1.54) is 43.5 Å². The van der Waals surface area contributed by atoms with E-state index in [0.29, 0.717) is 30.5 Å². The van der Waals surface area contributed by atoms with Crippen LogP contribution >= 0.6 is 0 Å². The van der Waals surface area contributed by atoms with Crippen molar-refractivity contribution >= 4 is 33.3 Å². The summed E-state index contributed by atoms with van der Waals surface area (Å²) in [5.41, 5.74) is -0.591. The molecule has 1 aromatic heterocycles. The van der Waals surface area contributed by atoms with Crippen LogP contribution in [0.2, 0.25) is 0 Å². The van der Waals surface area contributed by atoms with Gasteiger partial charge in [0, 0.05) is 55.4 Å². The van der Waals surface area contributed by atoms with E-state index < -0.39 is 27.5 Å². The Balaban J connectivity index is 1.49. The molecule has 12 nitrogen and oxygen atoms in total. The van der Waals surface area contributed by atoms with Crippen LogP contribution in [-0.4, -0.2) is 70.1 Å². The Hall–Kier alpha value is -5.61. The minimum absolute atomic E-state index is 0.00554. The van der Waals surface area contributed by atoms with Gasteiger partial charge in [-0.25, -0.2) is 13.2 Å². The number of hydrogen-bond acceptors (Lipinski definition) is 9. The van der Waals surface area contributed by atoms with E-state index >= 15 is 4.79 Å². The molecule has 2 aliphatic heterocycles. The first-order valence-corrected chi connectivity index (χ1v) is 16.4. The molecular formula is C34H32N6O6S. The summed E-state index contributed by atoms with van der Waals surface area (Å²) in [6, 6.07) is 22.2. The number of carbonyl (C=O) groups excluding carboxylic acids is 2. The minimum Gasteiger partial charge on any atom is -0.495 e. The van der Waals surface area contributed by atoms with Gasteiger partial charge in [0.1, 0.15) is 16.4 Å². The number of aromatic nitrogens is 1. The Bertz CT molecular complexity index is 1970. The van der Waals surface area contributed by atoms with Crippen molar-refractivity contribution in [3.05, 3.63) is 108 Å². The van der Waals surface area contributed by atoms with Crippen LogP contribution < -0.4 is 24.0 Å². The van der Waals surface area contributed by atoms with E-state index in [1.807, 2.05) is 12.1 Å². The lowest BCUT2D eigenvalue weighted by Gasteiger charge is -2.38. The second-order valence-corrected chi connectivity index (χ2v) is 12.6. The molecular weight excluding hydrogens is 620 g/mol. The third-order valence-electron chi connectivity index (χ3n) is 8.32. The van der Waals surface area contributed by atoms with E-state index in [1.54, 1.807) is 54.5 Å². The molecule has 0 radical (unpaired) electrons. The van der Waals surface area contributed by atoms with E-state index in [2.05, 4.69) is 21.3 Å². The van der Waals surface area contributed by atoms with Gasteiger partial charge in [0.2, 0.25) is 0 Å². The molecule has 1 atom stereocenters. The van der Waals surface area contributed by atoms with Gasteiger partial charge in [-0.2, -0.15) is 9.57 Å². The number of sulfonamides is 1. The number of fused-ring (bicyclic) bond motifs is 1. The van der Waals surface area contributed by atoms with Crippen LogP contribution in [0.15, 0.2) is 96.2 Å². The summed E-state index contributed by atoms with van der Waals surface area (Å²) >= 11 is 0. The molecule has 13 heteroatoms. The van der Waals surface area contributed by atoms with Crippen LogP contribution in [0.25, 0.3) is 0 Å². The largest absolute Gasteiger partial charge is 0.495 e. The fourth-order valence-electron chi connectivity index (χ4n) is 6.10. The van der Waals surface area contributed by atoms with Gasteiger partial charge in [-0.3, -0.25) is 9.78 Å². The van der Waals surface area contributed by atoms with Crippen molar-refractivity contribution in [2.75, 3.05) is 49.1 Å². The number of nitrogens with zero attached hydrogens (tertiary/aromatic N) is 5. The summed E-state index contributed by atoms with van der Waals surface area (Å²) in [6.45, 7) is 3.73. The number of amides is 3. The SMILES string of the molecule is CCOc1ccccc1C1(NC(=O)N2CCN(c3ccncc3)CC2)C(=O)N(S(=O)(=O)c2ccccc2OC)c2ccc(C#N)cc21. The number of hydrogen-bond donors (Lipinski definition) is 1. The van der Waals surface area contributed by atoms with Crippen molar-refractivity contribution in [1.29, 1.82) is 5.26 Å². The first kappa shape index (κ1) is 31.4. The second kappa shape index (κ2) is 12.6. The summed E-state index contributed by atoms with van der Waals surface area (Å²) in [7, 11) is -3.27. The topological polar surface area (TPSA) is 145 Å². The summed E-state index contributed by atoms with van der Waals surface area (Å²) in [6.07, 6.45) is 3.41. The predicted octanol–water partition coefficient (Wildman–Crippen LogP) is 3.87. The highest BCUT2D eigenvalue weighted by Gasteiger charge is 2.59. The molecule has 4 aromatic rings. The van der Waals surface area contributed by atoms with Gasteiger partial charge >= 0.3 is 6.03 Å². The monoisotopic (exact) mass is 652 g/mol. The van der Waals surface area contributed by atoms with Crippen LogP contribution in [0, 0.1) is 11.3 Å². The molecule has 0 bridgehead atoms. The summed E-state index contributed by atoms with van der Waals surface area (Å²) in [5.74, 6) is -0.640. The first-order chi connectivity index (χ1) is 22.8. The average molecular weight is 653 g/mol. The molecule has 3 amide bonds. The number of anilines is 2. The molecule has 1 saturated heterocycles. The maximum Gasteiger partial charge on any atom is 0.318 e. The summed E-state index contributed by atoms with van der Waals surface area (Å²) in [5, 5.41) is 12.8. The Morgan fingerprint density at radius 2 is 1.64 bits per heavy atom. The number of rotatable bonds is 8. The molecule has 6 rings (SSSR count). The molecule has 1 fully saturated rings. The zero-order valence-corrected chi connectivity index (χ0v) is 26.6. The van der Waals surface area contributed by atoms with Gasteiger partial charge in [-0.05, 0) is 55.5 Å². The number of benzene rings is 3. The summed E-state index contributed by atoms with van der Waals surface area (Å²) in [4.78, 5) is 36.8. The zero-order valence-electron chi connectivity index (χ0n) is 25.8. The number of para-hydroxylation sites is 2. The number of urea groups is 1. The molecule has 1 unspecified atom stereocenters. The molecule has 3 heterocycles. The van der Waals surface area contributed by atoms with Crippen LogP contribution in [0.1, 0.15) is 23.6 Å². The third kappa shape index (κ3) is 5.36. The van der Waals surface area contributed by atoms with Crippen LogP contribution in [-0.2, 0) is 20.4 Å². The van der Waals surface area contributed by atoms with Gasteiger partial charge in [0.15, 0.2) is 5.54 Å². The smallest absolute Gasteiger partial charge is 0.318 e. The van der Waals surface area contributed by atoms with Gasteiger partial charge in [-0.15, -0.1) is 0 Å². The lowest BCUT2D eigenvalue weighted by atomic mass is 9.82. The first-order valence-electron chi connectivity index (χ1n) is 15.0. The molecule has 0 aliphatic carbocycles. The zero-order chi connectivity index (χ0) is 33.2. The highest BCUT2D eigenvalue weighted by atomic mass is 32.2. The Labute approximate surface area is 272 Å². The van der Waals surface area contributed by atoms with Crippen molar-refractivity contribution in [2.24, 2.45) is 0 Å². The van der Waals surface area contributed by atoms with E-state index in [-0.39, 0.29) is 45.4 Å². The summed E-state index contributed by atoms with van der Waals surface area (Å²) < 4.78 is 40.8. The molecule has 2 aliphatic rings. The van der Waals surface area contributed by atoms with Gasteiger partial charge < -0.3 is 24.6 Å². The normalized spacial score (nSPS) is 17.6. The van der Waals surface area contributed by atoms with Crippen molar-refractivity contribution in [1.82, 2.24) is 15.2 Å². The van der Waals surface area contributed by atoms with E-state index in [9.17, 15) is 18.5 Å². The maximum absolute atomic E-state index is 15.0. The number of carbonyl (C=O) groups is 2. The number of nitrogens with one attached hydrogen (secondary N) is 1. The van der Waals surface area contributed by atoms with Crippen LogP contribution in [0.5, 0.6) is 11.5 Å². The number of methoxy groups -OCH3 is 1. The van der Waals surface area contributed by atoms with Crippen molar-refractivity contribution in [3.8, 4) is 17.6 Å². The van der Waals surface area contributed by atoms with Gasteiger partial charge in [0.25, 0.3) is 15.9 Å². The molecule has 240 valence electrons. The number of piperazine rings is 1. The molecule has 47 heavy (non-hydrogen) atoms. The van der Waals surface area contributed by atoms with E-state index in [0.717, 1.165) is 5.69 Å². The number of nitriles is 1. The Kier molecular flexibility index (Phi) is 8.44. The average Bonchev–Trinajstić information content (AvgIpc) is 3.36. The minimum atomic E-state index is -4.61. The maximum atomic E-state index is 15.0. The van der Waals surface area contributed by atoms with E-state index in [4.69, 9.17) is 9.47 Å². The Morgan fingerprint density at radius 3 is 2.32 bits per heavy atom. The van der Waals surface area contributed by atoms with Crippen molar-refractivity contribution in [2.45, 2.75) is 17.4 Å². The number of ether oxygens (including phenoxy) is 2. The van der Waals surface area contributed by atoms with Gasteiger partial charge in [0.05, 0.1) is 31.0 Å². The quantitative estimate of drug-likeness (QED) is 0.300. The molecule has 1 N–H and O–H groups in total. The fraction of sp³-hybridized carbons (Fsp3) is 0.235. The molecule has 3 aromatic carbocycles. The standard InChI is InChI=1S/C34H32N6O6S/c1-3-46-29-9-5-4-8-26(29)34(37-33(42)39-20-18-38(19-21-39)25-14-16-36-17-15-25)27-22-24(23-35)12-13-28(27)40(32(34)41)47(43,44)31-11-7-6-10-30(31)45-2/h4-17,22H,3,18-21H2,1-2H3,(H,37,42). The lowest BCUT2D eigenvalue weighted by Crippen LogP contribution is -2.60. The van der Waals surface area contributed by atoms with Crippen molar-refractivity contribution < 1.29 is 27.5 Å². The van der Waals surface area contributed by atoms with Crippen molar-refractivity contribution in [3.63, 3.8) is 0 Å². The van der Waals surface area contributed by atoms with Gasteiger partial charge in [-0.1, -0.05) is 30.3 Å². The molecule has 0 spiro atoms. The highest BCUT2D eigenvalue weighted by molar-refractivity contribution is 7.93. The Morgan fingerprint density at radius 1 is 0.957 bits per heavy atom. The predicted molar refractivity (Wildman–Crippen MR) is 174 cm³/mol. The van der Waals surface area contributed by atoms with Crippen LogP contribution in [0.3, 0.4) is 0 Å². The lowest BCUT2D eigenvalue weighted by molar-refractivity contribution is -0.121. The second-order valence-electron chi connectivity index (χ2n) is 10.9. The highest BCUT2D eigenvalue weighted by Crippen LogP contribution is 2.50. The number of pyridine rings is 1.